The van der Waals surface area contributed by atoms with Gasteiger partial charge in [-0.1, -0.05) is 28.1 Å². The molecule has 0 spiro atoms. The van der Waals surface area contributed by atoms with Crippen LogP contribution >= 0.6 is 15.9 Å². The fourth-order valence-corrected chi connectivity index (χ4v) is 2.53. The average Bonchev–Trinajstić information content (AvgIpc) is 2.18. The molecule has 0 radical (unpaired) electrons. The van der Waals surface area contributed by atoms with E-state index in [0.29, 0.717) is 6.10 Å². The van der Waals surface area contributed by atoms with Gasteiger partial charge in [0.25, 0.3) is 0 Å². The highest BCUT2D eigenvalue weighted by Gasteiger charge is 2.19. The SMILES string of the molecule is COC1CCc2c(Br)cccc2C1. The molecule has 2 heteroatoms. The highest BCUT2D eigenvalue weighted by molar-refractivity contribution is 9.10. The zero-order valence-electron chi connectivity index (χ0n) is 7.72. The molecule has 1 aromatic rings. The van der Waals surface area contributed by atoms with E-state index < -0.39 is 0 Å². The minimum atomic E-state index is 0.418. The highest BCUT2D eigenvalue weighted by atomic mass is 79.9. The van der Waals surface area contributed by atoms with Gasteiger partial charge in [0.05, 0.1) is 6.10 Å². The molecule has 1 atom stereocenters. The van der Waals surface area contributed by atoms with Crippen LogP contribution in [0.3, 0.4) is 0 Å². The predicted molar refractivity (Wildman–Crippen MR) is 57.0 cm³/mol. The molecule has 0 saturated heterocycles. The van der Waals surface area contributed by atoms with Gasteiger partial charge in [-0.05, 0) is 36.5 Å². The molecule has 1 aliphatic carbocycles. The smallest absolute Gasteiger partial charge is 0.0614 e. The number of methoxy groups -OCH3 is 1. The summed E-state index contributed by atoms with van der Waals surface area (Å²) in [6, 6.07) is 6.41. The van der Waals surface area contributed by atoms with Crippen LogP contribution in [0.1, 0.15) is 17.5 Å². The summed E-state index contributed by atoms with van der Waals surface area (Å²) >= 11 is 3.58. The molecule has 1 aliphatic rings. The lowest BCUT2D eigenvalue weighted by Crippen LogP contribution is -2.21. The van der Waals surface area contributed by atoms with Gasteiger partial charge in [0.1, 0.15) is 0 Å². The van der Waals surface area contributed by atoms with Crippen molar-refractivity contribution in [1.82, 2.24) is 0 Å². The normalized spacial score (nSPS) is 21.2. The molecule has 0 saturated carbocycles. The van der Waals surface area contributed by atoms with E-state index in [-0.39, 0.29) is 0 Å². The second-order valence-electron chi connectivity index (χ2n) is 3.48. The Morgan fingerprint density at radius 3 is 3.08 bits per heavy atom. The number of hydrogen-bond donors (Lipinski definition) is 0. The number of rotatable bonds is 1. The minimum Gasteiger partial charge on any atom is -0.381 e. The van der Waals surface area contributed by atoms with Gasteiger partial charge in [0, 0.05) is 11.6 Å². The molecule has 1 unspecified atom stereocenters. The summed E-state index contributed by atoms with van der Waals surface area (Å²) in [5, 5.41) is 0. The Labute approximate surface area is 87.2 Å². The summed E-state index contributed by atoms with van der Waals surface area (Å²) in [5.74, 6) is 0. The van der Waals surface area contributed by atoms with Crippen molar-refractivity contribution < 1.29 is 4.74 Å². The molecular weight excluding hydrogens is 228 g/mol. The minimum absolute atomic E-state index is 0.418. The van der Waals surface area contributed by atoms with Crippen molar-refractivity contribution in [2.45, 2.75) is 25.4 Å². The van der Waals surface area contributed by atoms with Gasteiger partial charge in [-0.2, -0.15) is 0 Å². The number of benzene rings is 1. The van der Waals surface area contributed by atoms with E-state index in [0.717, 1.165) is 19.3 Å². The molecule has 1 aromatic carbocycles. The van der Waals surface area contributed by atoms with Crippen LogP contribution in [0.15, 0.2) is 22.7 Å². The Kier molecular flexibility index (Phi) is 2.70. The summed E-state index contributed by atoms with van der Waals surface area (Å²) in [7, 11) is 1.80. The molecular formula is C11H13BrO. The Bertz CT molecular complexity index is 309. The molecule has 0 bridgehead atoms. The van der Waals surface area contributed by atoms with E-state index in [1.807, 2.05) is 0 Å². The average molecular weight is 241 g/mol. The van der Waals surface area contributed by atoms with Crippen LogP contribution in [0, 0.1) is 0 Å². The van der Waals surface area contributed by atoms with Gasteiger partial charge in [-0.3, -0.25) is 0 Å². The van der Waals surface area contributed by atoms with Crippen molar-refractivity contribution in [2.75, 3.05) is 7.11 Å². The maximum Gasteiger partial charge on any atom is 0.0614 e. The molecule has 2 rings (SSSR count). The molecule has 1 nitrogen and oxygen atoms in total. The summed E-state index contributed by atoms with van der Waals surface area (Å²) in [6.45, 7) is 0. The van der Waals surface area contributed by atoms with Gasteiger partial charge < -0.3 is 4.74 Å². The van der Waals surface area contributed by atoms with Crippen molar-refractivity contribution in [2.24, 2.45) is 0 Å². The maximum atomic E-state index is 5.37. The van der Waals surface area contributed by atoms with E-state index in [1.165, 1.54) is 15.6 Å². The quantitative estimate of drug-likeness (QED) is 0.734. The van der Waals surface area contributed by atoms with Crippen molar-refractivity contribution >= 4 is 15.9 Å². The molecule has 0 heterocycles. The summed E-state index contributed by atoms with van der Waals surface area (Å²) in [5.41, 5.74) is 2.91. The van der Waals surface area contributed by atoms with Crippen molar-refractivity contribution in [3.8, 4) is 0 Å². The third-order valence-corrected chi connectivity index (χ3v) is 3.46. The second-order valence-corrected chi connectivity index (χ2v) is 4.33. The predicted octanol–water partition coefficient (Wildman–Crippen LogP) is 2.95. The first-order valence-electron chi connectivity index (χ1n) is 4.60. The zero-order chi connectivity index (χ0) is 9.26. The molecule has 70 valence electrons. The number of halogens is 1. The lowest BCUT2D eigenvalue weighted by Gasteiger charge is -2.24. The number of fused-ring (bicyclic) bond motifs is 1. The lowest BCUT2D eigenvalue weighted by molar-refractivity contribution is 0.0910. The maximum absolute atomic E-state index is 5.37. The van der Waals surface area contributed by atoms with Crippen LogP contribution in [0.25, 0.3) is 0 Å². The Balaban J connectivity index is 2.31. The third kappa shape index (κ3) is 1.79. The summed E-state index contributed by atoms with van der Waals surface area (Å²) in [6.07, 6.45) is 3.76. The Morgan fingerprint density at radius 2 is 2.31 bits per heavy atom. The van der Waals surface area contributed by atoms with Gasteiger partial charge in [0.15, 0.2) is 0 Å². The van der Waals surface area contributed by atoms with Crippen LogP contribution < -0.4 is 0 Å². The topological polar surface area (TPSA) is 9.23 Å². The van der Waals surface area contributed by atoms with Crippen LogP contribution in [0.2, 0.25) is 0 Å². The van der Waals surface area contributed by atoms with E-state index in [2.05, 4.69) is 34.1 Å². The van der Waals surface area contributed by atoms with Crippen molar-refractivity contribution in [3.63, 3.8) is 0 Å². The van der Waals surface area contributed by atoms with Crippen LogP contribution in [0.5, 0.6) is 0 Å². The van der Waals surface area contributed by atoms with Crippen LogP contribution in [-0.2, 0) is 17.6 Å². The van der Waals surface area contributed by atoms with Gasteiger partial charge in [-0.15, -0.1) is 0 Å². The second kappa shape index (κ2) is 3.81. The lowest BCUT2D eigenvalue weighted by atomic mass is 9.90. The van der Waals surface area contributed by atoms with E-state index in [1.54, 1.807) is 7.11 Å². The fraction of sp³-hybridized carbons (Fsp3) is 0.455. The molecule has 0 aliphatic heterocycles. The summed E-state index contributed by atoms with van der Waals surface area (Å²) < 4.78 is 6.62. The van der Waals surface area contributed by atoms with Crippen molar-refractivity contribution in [3.05, 3.63) is 33.8 Å². The fourth-order valence-electron chi connectivity index (χ4n) is 1.93. The first-order chi connectivity index (χ1) is 6.31. The Morgan fingerprint density at radius 1 is 1.46 bits per heavy atom. The van der Waals surface area contributed by atoms with Gasteiger partial charge >= 0.3 is 0 Å². The van der Waals surface area contributed by atoms with Gasteiger partial charge in [0.2, 0.25) is 0 Å². The standard InChI is InChI=1S/C11H13BrO/c1-13-9-5-6-10-8(7-9)3-2-4-11(10)12/h2-4,9H,5-7H2,1H3. The highest BCUT2D eigenvalue weighted by Crippen LogP contribution is 2.28. The molecule has 13 heavy (non-hydrogen) atoms. The first kappa shape index (κ1) is 9.22. The zero-order valence-corrected chi connectivity index (χ0v) is 9.30. The molecule has 0 fully saturated rings. The van der Waals surface area contributed by atoms with E-state index in [4.69, 9.17) is 4.74 Å². The van der Waals surface area contributed by atoms with Crippen molar-refractivity contribution in [1.29, 1.82) is 0 Å². The summed E-state index contributed by atoms with van der Waals surface area (Å²) in [4.78, 5) is 0. The van der Waals surface area contributed by atoms with Crippen LogP contribution in [0.4, 0.5) is 0 Å². The largest absolute Gasteiger partial charge is 0.381 e. The molecule has 0 aromatic heterocycles. The third-order valence-electron chi connectivity index (χ3n) is 2.71. The van der Waals surface area contributed by atoms with E-state index >= 15 is 0 Å². The Hall–Kier alpha value is -0.340. The monoisotopic (exact) mass is 240 g/mol. The van der Waals surface area contributed by atoms with Gasteiger partial charge in [-0.25, -0.2) is 0 Å². The molecule has 0 N–H and O–H groups in total. The number of ether oxygens (including phenoxy) is 1. The number of hydrogen-bond acceptors (Lipinski definition) is 1. The van der Waals surface area contributed by atoms with E-state index in [9.17, 15) is 0 Å². The molecule has 0 amide bonds. The van der Waals surface area contributed by atoms with Crippen LogP contribution in [-0.4, -0.2) is 13.2 Å². The first-order valence-corrected chi connectivity index (χ1v) is 5.39.